The minimum absolute atomic E-state index is 0.794. The van der Waals surface area contributed by atoms with Crippen molar-refractivity contribution in [3.8, 4) is 0 Å². The summed E-state index contributed by atoms with van der Waals surface area (Å²) in [6.45, 7) is 1.59. The summed E-state index contributed by atoms with van der Waals surface area (Å²) in [4.78, 5) is 4.61. The smallest absolute Gasteiger partial charge is 0.106 e. The van der Waals surface area contributed by atoms with E-state index in [-0.39, 0.29) is 0 Å². The van der Waals surface area contributed by atoms with Gasteiger partial charge in [0.15, 0.2) is 0 Å². The van der Waals surface area contributed by atoms with E-state index < -0.39 is 0 Å². The fourth-order valence-electron chi connectivity index (χ4n) is 0.827. The van der Waals surface area contributed by atoms with Crippen LogP contribution < -0.4 is 0 Å². The van der Waals surface area contributed by atoms with Crippen molar-refractivity contribution >= 4 is 5.71 Å². The molecule has 0 saturated carbocycles. The lowest BCUT2D eigenvalue weighted by molar-refractivity contribution is 0.129. The van der Waals surface area contributed by atoms with Gasteiger partial charge in [0.2, 0.25) is 0 Å². The Morgan fingerprint density at radius 2 is 2.11 bits per heavy atom. The predicted octanol–water partition coefficient (Wildman–Crippen LogP) is 0.799. The van der Waals surface area contributed by atoms with E-state index in [1.807, 2.05) is 0 Å². The van der Waals surface area contributed by atoms with Crippen molar-refractivity contribution in [2.45, 2.75) is 12.8 Å². The van der Waals surface area contributed by atoms with Crippen LogP contribution in [0.3, 0.4) is 0 Å². The molecule has 1 fully saturated rings. The molecule has 1 aliphatic heterocycles. The van der Waals surface area contributed by atoms with Crippen LogP contribution in [0.5, 0.6) is 0 Å². The van der Waals surface area contributed by atoms with Gasteiger partial charge in [0, 0.05) is 12.8 Å². The minimum atomic E-state index is 0.794. The largest absolute Gasteiger partial charge is 0.399 e. The molecule has 0 spiro atoms. The maximum atomic E-state index is 5.11. The summed E-state index contributed by atoms with van der Waals surface area (Å²) >= 11 is 0. The molecular weight excluding hydrogens is 118 g/mol. The molecule has 0 N–H and O–H groups in total. The molecule has 0 bridgehead atoms. The van der Waals surface area contributed by atoms with Crippen LogP contribution in [0, 0.1) is 0 Å². The first-order chi connectivity index (χ1) is 4.43. The molecule has 0 unspecified atom stereocenters. The van der Waals surface area contributed by atoms with Crippen molar-refractivity contribution in [3.05, 3.63) is 0 Å². The average molecular weight is 129 g/mol. The summed E-state index contributed by atoms with van der Waals surface area (Å²) in [5, 5.41) is 3.82. The Labute approximate surface area is 54.6 Å². The Morgan fingerprint density at radius 1 is 1.44 bits per heavy atom. The molecule has 0 radical (unpaired) electrons. The molecular formula is C6H11NO2. The zero-order chi connectivity index (χ0) is 6.53. The zero-order valence-corrected chi connectivity index (χ0v) is 5.59. The Balaban J connectivity index is 2.30. The van der Waals surface area contributed by atoms with Crippen LogP contribution in [0.1, 0.15) is 12.8 Å². The Morgan fingerprint density at radius 3 is 2.67 bits per heavy atom. The number of ether oxygens (including phenoxy) is 1. The summed E-state index contributed by atoms with van der Waals surface area (Å²) in [5.74, 6) is 0. The number of oxime groups is 1. The maximum Gasteiger partial charge on any atom is 0.106 e. The molecule has 1 rings (SSSR count). The lowest BCUT2D eigenvalue weighted by Crippen LogP contribution is -2.15. The number of hydrogen-bond donors (Lipinski definition) is 0. The van der Waals surface area contributed by atoms with Gasteiger partial charge in [0.1, 0.15) is 7.11 Å². The lowest BCUT2D eigenvalue weighted by Gasteiger charge is -2.11. The zero-order valence-electron chi connectivity index (χ0n) is 5.59. The summed E-state index contributed by atoms with van der Waals surface area (Å²) in [5.41, 5.74) is 1.11. The van der Waals surface area contributed by atoms with Crippen LogP contribution in [0.4, 0.5) is 0 Å². The van der Waals surface area contributed by atoms with Gasteiger partial charge in [-0.15, -0.1) is 0 Å². The van der Waals surface area contributed by atoms with Gasteiger partial charge in [-0.3, -0.25) is 0 Å². The number of hydrogen-bond acceptors (Lipinski definition) is 3. The summed E-state index contributed by atoms with van der Waals surface area (Å²) < 4.78 is 5.11. The highest BCUT2D eigenvalue weighted by molar-refractivity contribution is 5.84. The van der Waals surface area contributed by atoms with Gasteiger partial charge in [0.25, 0.3) is 0 Å². The Bertz CT molecular complexity index is 104. The minimum Gasteiger partial charge on any atom is -0.399 e. The van der Waals surface area contributed by atoms with Crippen LogP contribution in [-0.2, 0) is 9.57 Å². The van der Waals surface area contributed by atoms with E-state index >= 15 is 0 Å². The molecule has 0 atom stereocenters. The van der Waals surface area contributed by atoms with Gasteiger partial charge in [-0.05, 0) is 0 Å². The van der Waals surface area contributed by atoms with Crippen LogP contribution in [0.2, 0.25) is 0 Å². The normalized spacial score (nSPS) is 19.4. The van der Waals surface area contributed by atoms with Crippen LogP contribution >= 0.6 is 0 Å². The van der Waals surface area contributed by atoms with E-state index in [9.17, 15) is 0 Å². The van der Waals surface area contributed by atoms with Crippen molar-refractivity contribution in [2.75, 3.05) is 20.3 Å². The molecule has 3 heteroatoms. The fraction of sp³-hybridized carbons (Fsp3) is 0.833. The van der Waals surface area contributed by atoms with Gasteiger partial charge in [-0.1, -0.05) is 5.16 Å². The van der Waals surface area contributed by atoms with Crippen molar-refractivity contribution in [2.24, 2.45) is 5.16 Å². The first kappa shape index (κ1) is 6.55. The first-order valence-electron chi connectivity index (χ1n) is 3.10. The molecule has 0 aliphatic carbocycles. The highest BCUT2D eigenvalue weighted by Gasteiger charge is 2.06. The summed E-state index contributed by atoms with van der Waals surface area (Å²) in [6, 6.07) is 0. The van der Waals surface area contributed by atoms with Crippen LogP contribution in [-0.4, -0.2) is 26.0 Å². The van der Waals surface area contributed by atoms with Gasteiger partial charge in [0.05, 0.1) is 18.9 Å². The van der Waals surface area contributed by atoms with Crippen molar-refractivity contribution in [1.82, 2.24) is 0 Å². The van der Waals surface area contributed by atoms with Crippen molar-refractivity contribution in [1.29, 1.82) is 0 Å². The fourth-order valence-corrected chi connectivity index (χ4v) is 0.827. The second-order valence-corrected chi connectivity index (χ2v) is 1.95. The van der Waals surface area contributed by atoms with Crippen LogP contribution in [0.25, 0.3) is 0 Å². The van der Waals surface area contributed by atoms with E-state index in [0.29, 0.717) is 0 Å². The van der Waals surface area contributed by atoms with E-state index in [0.717, 1.165) is 31.8 Å². The van der Waals surface area contributed by atoms with Gasteiger partial charge >= 0.3 is 0 Å². The highest BCUT2D eigenvalue weighted by Crippen LogP contribution is 2.01. The topological polar surface area (TPSA) is 30.8 Å². The molecule has 9 heavy (non-hydrogen) atoms. The maximum absolute atomic E-state index is 5.11. The van der Waals surface area contributed by atoms with Gasteiger partial charge < -0.3 is 9.57 Å². The molecule has 0 amide bonds. The summed E-state index contributed by atoms with van der Waals surface area (Å²) in [6.07, 6.45) is 1.85. The molecule has 1 heterocycles. The van der Waals surface area contributed by atoms with E-state index in [1.165, 1.54) is 0 Å². The van der Waals surface area contributed by atoms with Crippen LogP contribution in [0.15, 0.2) is 5.16 Å². The second kappa shape index (κ2) is 3.45. The average Bonchev–Trinajstić information content (AvgIpc) is 1.91. The molecule has 1 saturated heterocycles. The number of nitrogens with zero attached hydrogens (tertiary/aromatic N) is 1. The van der Waals surface area contributed by atoms with E-state index in [2.05, 4.69) is 9.99 Å². The molecule has 52 valence electrons. The van der Waals surface area contributed by atoms with Crippen molar-refractivity contribution < 1.29 is 9.57 Å². The van der Waals surface area contributed by atoms with Gasteiger partial charge in [-0.2, -0.15) is 0 Å². The van der Waals surface area contributed by atoms with E-state index in [4.69, 9.17) is 4.74 Å². The van der Waals surface area contributed by atoms with Crippen molar-refractivity contribution in [3.63, 3.8) is 0 Å². The second-order valence-electron chi connectivity index (χ2n) is 1.95. The lowest BCUT2D eigenvalue weighted by atomic mass is 10.2. The SMILES string of the molecule is CON=C1CCOCC1. The molecule has 0 aromatic rings. The quantitative estimate of drug-likeness (QED) is 0.490. The number of rotatable bonds is 1. The monoisotopic (exact) mass is 129 g/mol. The third-order valence-electron chi connectivity index (χ3n) is 1.29. The third kappa shape index (κ3) is 2.01. The van der Waals surface area contributed by atoms with E-state index in [1.54, 1.807) is 7.11 Å². The Kier molecular flexibility index (Phi) is 2.51. The van der Waals surface area contributed by atoms with Gasteiger partial charge in [-0.25, -0.2) is 0 Å². The highest BCUT2D eigenvalue weighted by atomic mass is 16.6. The summed E-state index contributed by atoms with van der Waals surface area (Å²) in [7, 11) is 1.57. The molecule has 1 aliphatic rings. The molecule has 0 aromatic carbocycles. The predicted molar refractivity (Wildman–Crippen MR) is 34.5 cm³/mol. The third-order valence-corrected chi connectivity index (χ3v) is 1.29. The first-order valence-corrected chi connectivity index (χ1v) is 3.10. The molecule has 0 aromatic heterocycles. The Hall–Kier alpha value is -0.570. The molecule has 3 nitrogen and oxygen atoms in total. The standard InChI is InChI=1S/C6H11NO2/c1-8-7-6-2-4-9-5-3-6/h2-5H2,1H3.